The van der Waals surface area contributed by atoms with E-state index in [4.69, 9.17) is 19.7 Å². The third-order valence-corrected chi connectivity index (χ3v) is 3.12. The molecule has 7 heteroatoms. The van der Waals surface area contributed by atoms with E-state index < -0.39 is 18.0 Å². The standard InChI is InChI=1S/C14H19NO6/c1-9(15(7-13(16)17)8-14(18)19)11-5-4-10(20-2)6-12(11)21-3/h4-6,9H,7-8H2,1-3H3,(H,16,17)(H,18,19). The predicted molar refractivity (Wildman–Crippen MR) is 74.8 cm³/mol. The molecule has 0 aromatic heterocycles. The fourth-order valence-corrected chi connectivity index (χ4v) is 2.04. The molecule has 0 spiro atoms. The van der Waals surface area contributed by atoms with E-state index in [9.17, 15) is 9.59 Å². The number of hydrogen-bond donors (Lipinski definition) is 2. The van der Waals surface area contributed by atoms with Crippen molar-refractivity contribution in [2.75, 3.05) is 27.3 Å². The van der Waals surface area contributed by atoms with Gasteiger partial charge in [0.25, 0.3) is 0 Å². The summed E-state index contributed by atoms with van der Waals surface area (Å²) < 4.78 is 10.4. The molecular formula is C14H19NO6. The van der Waals surface area contributed by atoms with Crippen LogP contribution in [0.15, 0.2) is 18.2 Å². The first-order valence-electron chi connectivity index (χ1n) is 6.28. The first-order chi connectivity index (χ1) is 9.88. The summed E-state index contributed by atoms with van der Waals surface area (Å²) in [5.41, 5.74) is 0.695. The second-order valence-electron chi connectivity index (χ2n) is 4.48. The molecule has 2 N–H and O–H groups in total. The summed E-state index contributed by atoms with van der Waals surface area (Å²) in [7, 11) is 3.02. The molecule has 21 heavy (non-hydrogen) atoms. The number of carbonyl (C=O) groups is 2. The van der Waals surface area contributed by atoms with Gasteiger partial charge < -0.3 is 19.7 Å². The third kappa shape index (κ3) is 4.64. The van der Waals surface area contributed by atoms with Crippen LogP contribution in [0.3, 0.4) is 0 Å². The molecular weight excluding hydrogens is 278 g/mol. The van der Waals surface area contributed by atoms with Gasteiger partial charge in [-0.2, -0.15) is 0 Å². The topological polar surface area (TPSA) is 96.3 Å². The fourth-order valence-electron chi connectivity index (χ4n) is 2.04. The maximum absolute atomic E-state index is 10.9. The molecule has 1 unspecified atom stereocenters. The Kier molecular flexibility index (Phi) is 5.98. The monoisotopic (exact) mass is 297 g/mol. The number of rotatable bonds is 8. The minimum absolute atomic E-state index is 0.372. The van der Waals surface area contributed by atoms with Gasteiger partial charge in [-0.3, -0.25) is 14.5 Å². The molecule has 0 aliphatic heterocycles. The minimum Gasteiger partial charge on any atom is -0.497 e. The van der Waals surface area contributed by atoms with Crippen LogP contribution in [0.5, 0.6) is 11.5 Å². The lowest BCUT2D eigenvalue weighted by molar-refractivity contribution is -0.142. The normalized spacial score (nSPS) is 12.0. The highest BCUT2D eigenvalue weighted by Crippen LogP contribution is 2.32. The lowest BCUT2D eigenvalue weighted by Gasteiger charge is -2.27. The Morgan fingerprint density at radius 1 is 1.14 bits per heavy atom. The summed E-state index contributed by atoms with van der Waals surface area (Å²) in [6.07, 6.45) is 0. The summed E-state index contributed by atoms with van der Waals surface area (Å²) in [6, 6.07) is 4.69. The zero-order valence-corrected chi connectivity index (χ0v) is 12.2. The Hall–Kier alpha value is -2.28. The summed E-state index contributed by atoms with van der Waals surface area (Å²) in [4.78, 5) is 23.1. The molecule has 0 fully saturated rings. The van der Waals surface area contributed by atoms with Crippen molar-refractivity contribution >= 4 is 11.9 Å². The van der Waals surface area contributed by atoms with Gasteiger partial charge in [-0.25, -0.2) is 0 Å². The second-order valence-corrected chi connectivity index (χ2v) is 4.48. The maximum atomic E-state index is 10.9. The SMILES string of the molecule is COc1ccc(C(C)N(CC(=O)O)CC(=O)O)c(OC)c1. The zero-order valence-electron chi connectivity index (χ0n) is 12.2. The Bertz CT molecular complexity index is 500. The van der Waals surface area contributed by atoms with Crippen LogP contribution in [-0.4, -0.2) is 54.4 Å². The number of carboxylic acids is 2. The van der Waals surface area contributed by atoms with E-state index in [-0.39, 0.29) is 13.1 Å². The number of aliphatic carboxylic acids is 2. The molecule has 0 bridgehead atoms. The number of nitrogens with zero attached hydrogens (tertiary/aromatic N) is 1. The van der Waals surface area contributed by atoms with Gasteiger partial charge in [0.1, 0.15) is 11.5 Å². The maximum Gasteiger partial charge on any atom is 0.317 e. The minimum atomic E-state index is -1.09. The van der Waals surface area contributed by atoms with Crippen LogP contribution in [0.2, 0.25) is 0 Å². The van der Waals surface area contributed by atoms with E-state index in [0.29, 0.717) is 17.1 Å². The number of methoxy groups -OCH3 is 2. The Morgan fingerprint density at radius 2 is 1.71 bits per heavy atom. The summed E-state index contributed by atoms with van der Waals surface area (Å²) in [5, 5.41) is 17.8. The lowest BCUT2D eigenvalue weighted by atomic mass is 10.0. The Labute approximate surface area is 122 Å². The molecule has 7 nitrogen and oxygen atoms in total. The molecule has 0 amide bonds. The van der Waals surface area contributed by atoms with Gasteiger partial charge in [0, 0.05) is 17.7 Å². The molecule has 0 heterocycles. The zero-order chi connectivity index (χ0) is 16.0. The van der Waals surface area contributed by atoms with Crippen molar-refractivity contribution in [2.45, 2.75) is 13.0 Å². The number of ether oxygens (including phenoxy) is 2. The highest BCUT2D eigenvalue weighted by Gasteiger charge is 2.23. The highest BCUT2D eigenvalue weighted by molar-refractivity contribution is 5.72. The molecule has 116 valence electrons. The highest BCUT2D eigenvalue weighted by atomic mass is 16.5. The van der Waals surface area contributed by atoms with Crippen LogP contribution < -0.4 is 9.47 Å². The molecule has 1 atom stereocenters. The summed E-state index contributed by atoms with van der Waals surface area (Å²) in [5.74, 6) is -1.06. The molecule has 0 radical (unpaired) electrons. The van der Waals surface area contributed by atoms with Crippen LogP contribution in [0.25, 0.3) is 0 Å². The van der Waals surface area contributed by atoms with Crippen LogP contribution in [0, 0.1) is 0 Å². The molecule has 1 aromatic carbocycles. The smallest absolute Gasteiger partial charge is 0.317 e. The average molecular weight is 297 g/mol. The van der Waals surface area contributed by atoms with Crippen LogP contribution in [0.1, 0.15) is 18.5 Å². The van der Waals surface area contributed by atoms with Crippen LogP contribution in [0.4, 0.5) is 0 Å². The molecule has 1 aromatic rings. The van der Waals surface area contributed by atoms with Crippen molar-refractivity contribution in [3.05, 3.63) is 23.8 Å². The fraction of sp³-hybridized carbons (Fsp3) is 0.429. The molecule has 1 rings (SSSR count). The van der Waals surface area contributed by atoms with E-state index in [1.54, 1.807) is 25.1 Å². The average Bonchev–Trinajstić information content (AvgIpc) is 2.44. The van der Waals surface area contributed by atoms with E-state index >= 15 is 0 Å². The van der Waals surface area contributed by atoms with Crippen molar-refractivity contribution in [3.8, 4) is 11.5 Å². The van der Waals surface area contributed by atoms with Gasteiger partial charge in [-0.15, -0.1) is 0 Å². The third-order valence-electron chi connectivity index (χ3n) is 3.12. The van der Waals surface area contributed by atoms with Gasteiger partial charge in [0.05, 0.1) is 27.3 Å². The van der Waals surface area contributed by atoms with Crippen molar-refractivity contribution < 1.29 is 29.3 Å². The van der Waals surface area contributed by atoms with Crippen LogP contribution >= 0.6 is 0 Å². The lowest BCUT2D eigenvalue weighted by Crippen LogP contribution is -2.36. The van der Waals surface area contributed by atoms with Crippen molar-refractivity contribution in [2.24, 2.45) is 0 Å². The van der Waals surface area contributed by atoms with Crippen molar-refractivity contribution in [3.63, 3.8) is 0 Å². The number of carboxylic acid groups (broad SMARTS) is 2. The van der Waals surface area contributed by atoms with E-state index in [1.807, 2.05) is 0 Å². The molecule has 0 saturated heterocycles. The second kappa shape index (κ2) is 7.49. The summed E-state index contributed by atoms with van der Waals surface area (Å²) >= 11 is 0. The molecule has 0 saturated carbocycles. The first-order valence-corrected chi connectivity index (χ1v) is 6.28. The van der Waals surface area contributed by atoms with Gasteiger partial charge in [-0.05, 0) is 13.0 Å². The predicted octanol–water partition coefficient (Wildman–Crippen LogP) is 1.24. The van der Waals surface area contributed by atoms with E-state index in [1.165, 1.54) is 19.1 Å². The van der Waals surface area contributed by atoms with Crippen molar-refractivity contribution in [1.82, 2.24) is 4.90 Å². The van der Waals surface area contributed by atoms with Gasteiger partial charge in [0.2, 0.25) is 0 Å². The van der Waals surface area contributed by atoms with Crippen molar-refractivity contribution in [1.29, 1.82) is 0 Å². The van der Waals surface area contributed by atoms with Gasteiger partial charge >= 0.3 is 11.9 Å². The van der Waals surface area contributed by atoms with Crippen LogP contribution in [-0.2, 0) is 9.59 Å². The number of benzene rings is 1. The largest absolute Gasteiger partial charge is 0.497 e. The molecule has 0 aliphatic rings. The van der Waals surface area contributed by atoms with E-state index in [2.05, 4.69) is 0 Å². The molecule has 0 aliphatic carbocycles. The van der Waals surface area contributed by atoms with E-state index in [0.717, 1.165) is 0 Å². The Balaban J connectivity index is 3.09. The number of hydrogen-bond acceptors (Lipinski definition) is 5. The van der Waals surface area contributed by atoms with Gasteiger partial charge in [-0.1, -0.05) is 6.07 Å². The van der Waals surface area contributed by atoms with Gasteiger partial charge in [0.15, 0.2) is 0 Å². The Morgan fingerprint density at radius 3 is 2.14 bits per heavy atom. The quantitative estimate of drug-likeness (QED) is 0.745. The summed E-state index contributed by atoms with van der Waals surface area (Å²) in [6.45, 7) is 0.988. The first kappa shape index (κ1) is 16.8.